The second-order valence-corrected chi connectivity index (χ2v) is 9.00. The minimum Gasteiger partial charge on any atom is -0.497 e. The van der Waals surface area contributed by atoms with Gasteiger partial charge in [0, 0.05) is 18.7 Å². The lowest BCUT2D eigenvalue weighted by molar-refractivity contribution is 0.288. The molecule has 0 aromatic heterocycles. The zero-order chi connectivity index (χ0) is 19.2. The number of allylic oxidation sites excluding steroid dienone is 2. The van der Waals surface area contributed by atoms with Crippen molar-refractivity contribution < 1.29 is 17.9 Å². The molecule has 0 saturated carbocycles. The molecule has 0 amide bonds. The number of fused-ring (bicyclic) bond motifs is 1. The van der Waals surface area contributed by atoms with Gasteiger partial charge in [0.25, 0.3) is 0 Å². The summed E-state index contributed by atoms with van der Waals surface area (Å²) in [6.45, 7) is 6.88. The van der Waals surface area contributed by atoms with Crippen LogP contribution in [0, 0.1) is 5.92 Å². The maximum absolute atomic E-state index is 13.4. The third-order valence-electron chi connectivity index (χ3n) is 4.53. The Morgan fingerprint density at radius 2 is 2.00 bits per heavy atom. The average Bonchev–Trinajstić information content (AvgIpc) is 2.60. The van der Waals surface area contributed by atoms with E-state index in [9.17, 15) is 8.42 Å². The van der Waals surface area contributed by atoms with Gasteiger partial charge in [-0.1, -0.05) is 19.1 Å². The van der Waals surface area contributed by atoms with E-state index in [1.165, 1.54) is 0 Å². The molecule has 146 valence electrons. The zero-order valence-electron chi connectivity index (χ0n) is 16.3. The molecule has 6 heteroatoms. The first-order valence-electron chi connectivity index (χ1n) is 9.34. The number of hydrogen-bond acceptors (Lipinski definition) is 4. The van der Waals surface area contributed by atoms with Crippen molar-refractivity contribution in [2.75, 3.05) is 20.3 Å². The number of nitrogens with zero attached hydrogens (tertiary/aromatic N) is 1. The lowest BCUT2D eigenvalue weighted by Gasteiger charge is -2.29. The fourth-order valence-corrected chi connectivity index (χ4v) is 4.90. The van der Waals surface area contributed by atoms with E-state index < -0.39 is 10.0 Å². The summed E-state index contributed by atoms with van der Waals surface area (Å²) in [5.41, 5.74) is 0. The SMILES string of the molecule is COc1ccc2c(c1)OCCCC/C=C/C[C@@H](C)CN(C(C)C)S2(=O)=O. The monoisotopic (exact) mass is 381 g/mol. The lowest BCUT2D eigenvalue weighted by atomic mass is 10.1. The Labute approximate surface area is 158 Å². The summed E-state index contributed by atoms with van der Waals surface area (Å²) in [7, 11) is -2.10. The lowest BCUT2D eigenvalue weighted by Crippen LogP contribution is -2.40. The molecule has 0 bridgehead atoms. The predicted molar refractivity (Wildman–Crippen MR) is 104 cm³/mol. The molecule has 1 atom stereocenters. The van der Waals surface area contributed by atoms with E-state index in [2.05, 4.69) is 19.1 Å². The first-order valence-corrected chi connectivity index (χ1v) is 10.8. The normalized spacial score (nSPS) is 23.5. The van der Waals surface area contributed by atoms with Gasteiger partial charge in [0.1, 0.15) is 16.4 Å². The minimum atomic E-state index is -3.66. The highest BCUT2D eigenvalue weighted by Gasteiger charge is 2.31. The van der Waals surface area contributed by atoms with Gasteiger partial charge in [-0.15, -0.1) is 0 Å². The van der Waals surface area contributed by atoms with Crippen LogP contribution in [0.1, 0.15) is 46.5 Å². The van der Waals surface area contributed by atoms with E-state index in [0.717, 1.165) is 25.7 Å². The van der Waals surface area contributed by atoms with Gasteiger partial charge in [-0.05, 0) is 57.6 Å². The van der Waals surface area contributed by atoms with Crippen molar-refractivity contribution in [3.63, 3.8) is 0 Å². The van der Waals surface area contributed by atoms with Crippen molar-refractivity contribution in [1.82, 2.24) is 4.31 Å². The Kier molecular flexibility index (Phi) is 7.53. The Bertz CT molecular complexity index is 713. The number of ether oxygens (including phenoxy) is 2. The molecule has 1 aromatic rings. The molecule has 1 aliphatic heterocycles. The minimum absolute atomic E-state index is 0.130. The third-order valence-corrected chi connectivity index (χ3v) is 6.61. The Morgan fingerprint density at radius 1 is 1.23 bits per heavy atom. The Balaban J connectivity index is 2.46. The van der Waals surface area contributed by atoms with Crippen LogP contribution >= 0.6 is 0 Å². The van der Waals surface area contributed by atoms with E-state index in [4.69, 9.17) is 9.47 Å². The second kappa shape index (κ2) is 9.42. The van der Waals surface area contributed by atoms with E-state index in [1.54, 1.807) is 29.6 Å². The van der Waals surface area contributed by atoms with Crippen molar-refractivity contribution in [2.24, 2.45) is 5.92 Å². The Hall–Kier alpha value is -1.53. The maximum Gasteiger partial charge on any atom is 0.247 e. The quantitative estimate of drug-likeness (QED) is 0.719. The molecule has 0 saturated heterocycles. The van der Waals surface area contributed by atoms with E-state index in [0.29, 0.717) is 24.7 Å². The summed E-state index contributed by atoms with van der Waals surface area (Å²) in [5.74, 6) is 1.21. The van der Waals surface area contributed by atoms with E-state index in [-0.39, 0.29) is 16.9 Å². The first kappa shape index (κ1) is 20.8. The van der Waals surface area contributed by atoms with Crippen LogP contribution in [0.2, 0.25) is 0 Å². The van der Waals surface area contributed by atoms with Crippen molar-refractivity contribution >= 4 is 10.0 Å². The summed E-state index contributed by atoms with van der Waals surface area (Å²) < 4.78 is 39.4. The number of rotatable bonds is 2. The van der Waals surface area contributed by atoms with Gasteiger partial charge < -0.3 is 9.47 Å². The van der Waals surface area contributed by atoms with Crippen LogP contribution in [-0.2, 0) is 10.0 Å². The third kappa shape index (κ3) is 5.24. The van der Waals surface area contributed by atoms with Crippen LogP contribution in [-0.4, -0.2) is 39.0 Å². The van der Waals surface area contributed by atoms with Crippen LogP contribution in [0.4, 0.5) is 0 Å². The summed E-state index contributed by atoms with van der Waals surface area (Å²) >= 11 is 0. The average molecular weight is 382 g/mol. The molecular weight excluding hydrogens is 350 g/mol. The van der Waals surface area contributed by atoms with Gasteiger partial charge in [0.05, 0.1) is 13.7 Å². The van der Waals surface area contributed by atoms with Crippen molar-refractivity contribution in [1.29, 1.82) is 0 Å². The van der Waals surface area contributed by atoms with Crippen LogP contribution in [0.5, 0.6) is 11.5 Å². The fraction of sp³-hybridized carbons (Fsp3) is 0.600. The standard InChI is InChI=1S/C20H31NO4S/c1-16(2)21-15-17(3)10-8-6-5-7-9-13-25-19-14-18(24-4)11-12-20(19)26(21,22)23/h6,8,11-12,14,16-17H,5,7,9-10,13,15H2,1-4H3/b8-6+/t17-/m1/s1. The summed E-state index contributed by atoms with van der Waals surface area (Å²) in [4.78, 5) is 0.215. The molecule has 0 radical (unpaired) electrons. The summed E-state index contributed by atoms with van der Waals surface area (Å²) in [6, 6.07) is 4.80. The molecule has 2 rings (SSSR count). The first-order chi connectivity index (χ1) is 12.4. The molecule has 0 fully saturated rings. The van der Waals surface area contributed by atoms with Crippen LogP contribution in [0.3, 0.4) is 0 Å². The molecule has 1 heterocycles. The van der Waals surface area contributed by atoms with Crippen LogP contribution in [0.25, 0.3) is 0 Å². The van der Waals surface area contributed by atoms with Gasteiger partial charge in [0.15, 0.2) is 0 Å². The van der Waals surface area contributed by atoms with Crippen molar-refractivity contribution in [2.45, 2.75) is 57.4 Å². The smallest absolute Gasteiger partial charge is 0.247 e. The van der Waals surface area contributed by atoms with E-state index in [1.807, 2.05) is 13.8 Å². The van der Waals surface area contributed by atoms with E-state index >= 15 is 0 Å². The fourth-order valence-electron chi connectivity index (χ4n) is 3.03. The highest BCUT2D eigenvalue weighted by Crippen LogP contribution is 2.32. The van der Waals surface area contributed by atoms with Gasteiger partial charge in [0.2, 0.25) is 10.0 Å². The molecule has 0 N–H and O–H groups in total. The molecule has 1 aliphatic rings. The van der Waals surface area contributed by atoms with Crippen LogP contribution < -0.4 is 9.47 Å². The summed E-state index contributed by atoms with van der Waals surface area (Å²) in [6.07, 6.45) is 8.16. The highest BCUT2D eigenvalue weighted by atomic mass is 32.2. The molecule has 5 nitrogen and oxygen atoms in total. The zero-order valence-corrected chi connectivity index (χ0v) is 17.1. The molecule has 0 aliphatic carbocycles. The number of benzene rings is 1. The maximum atomic E-state index is 13.4. The van der Waals surface area contributed by atoms with Gasteiger partial charge >= 0.3 is 0 Å². The largest absolute Gasteiger partial charge is 0.497 e. The number of methoxy groups -OCH3 is 1. The molecule has 0 unspecified atom stereocenters. The topological polar surface area (TPSA) is 55.8 Å². The van der Waals surface area contributed by atoms with Crippen molar-refractivity contribution in [3.8, 4) is 11.5 Å². The van der Waals surface area contributed by atoms with Gasteiger partial charge in [-0.2, -0.15) is 4.31 Å². The molecule has 1 aromatic carbocycles. The second-order valence-electron chi connectivity index (χ2n) is 7.14. The Morgan fingerprint density at radius 3 is 2.69 bits per heavy atom. The molecule has 26 heavy (non-hydrogen) atoms. The number of sulfonamides is 1. The van der Waals surface area contributed by atoms with Crippen molar-refractivity contribution in [3.05, 3.63) is 30.4 Å². The molecule has 0 spiro atoms. The van der Waals surface area contributed by atoms with Gasteiger partial charge in [-0.25, -0.2) is 8.42 Å². The van der Waals surface area contributed by atoms with Gasteiger partial charge in [-0.3, -0.25) is 0 Å². The molecular formula is C20H31NO4S. The summed E-state index contributed by atoms with van der Waals surface area (Å²) in [5, 5.41) is 0. The highest BCUT2D eigenvalue weighted by molar-refractivity contribution is 7.89. The van der Waals surface area contributed by atoms with Crippen LogP contribution in [0.15, 0.2) is 35.2 Å². The predicted octanol–water partition coefficient (Wildman–Crippen LogP) is 4.24. The number of hydrogen-bond donors (Lipinski definition) is 0.